The van der Waals surface area contributed by atoms with E-state index < -0.39 is 75.7 Å². The number of nitrogens with one attached hydrogen (secondary N) is 1. The summed E-state index contributed by atoms with van der Waals surface area (Å²) in [7, 11) is 0. The number of benzene rings is 1. The highest BCUT2D eigenvalue weighted by atomic mass is 19.4. The third-order valence-corrected chi connectivity index (χ3v) is 3.75. The summed E-state index contributed by atoms with van der Waals surface area (Å²) in [4.78, 5) is 0. The molecular formula is C16HF15N4. The smallest absolute Gasteiger partial charge is 0.344 e. The second-order valence-corrected chi connectivity index (χ2v) is 5.95. The Morgan fingerprint density at radius 3 is 0.914 bits per heavy atom. The van der Waals surface area contributed by atoms with Gasteiger partial charge in [0.1, 0.15) is 23.9 Å². The monoisotopic (exact) mass is 534 g/mol. The Morgan fingerprint density at radius 1 is 0.457 bits per heavy atom. The van der Waals surface area contributed by atoms with Gasteiger partial charge in [0.2, 0.25) is 0 Å². The molecule has 190 valence electrons. The molecule has 0 atom stereocenters. The summed E-state index contributed by atoms with van der Waals surface area (Å²) in [6, 6.07) is 2.00. The van der Waals surface area contributed by atoms with E-state index in [-0.39, 0.29) is 0 Å². The first kappa shape index (κ1) is 29.2. The molecule has 0 aliphatic rings. The Kier molecular flexibility index (Phi) is 7.31. The first-order valence-corrected chi connectivity index (χ1v) is 7.76. The average molecular weight is 534 g/mol. The van der Waals surface area contributed by atoms with Crippen LogP contribution in [0, 0.1) is 34.0 Å². The number of nitrogens with zero attached hydrogens (tertiary/aromatic N) is 3. The predicted molar refractivity (Wildman–Crippen MR) is 78.9 cm³/mol. The van der Waals surface area contributed by atoms with Crippen molar-refractivity contribution in [2.75, 3.05) is 5.32 Å². The molecule has 19 heteroatoms. The summed E-state index contributed by atoms with van der Waals surface area (Å²) in [5.41, 5.74) is -27.7. The molecule has 0 bridgehead atoms. The number of halogens is 15. The third kappa shape index (κ3) is 5.82. The van der Waals surface area contributed by atoms with Crippen molar-refractivity contribution >= 4 is 5.69 Å². The normalized spacial score (nSPS) is 12.9. The van der Waals surface area contributed by atoms with Crippen LogP contribution in [0.2, 0.25) is 0 Å². The molecular weight excluding hydrogens is 533 g/mol. The summed E-state index contributed by atoms with van der Waals surface area (Å²) >= 11 is 0. The number of allylic oxidation sites excluding steroid dienone is 2. The molecule has 0 saturated heterocycles. The van der Waals surface area contributed by atoms with Gasteiger partial charge in [0, 0.05) is 0 Å². The zero-order valence-corrected chi connectivity index (χ0v) is 15.5. The van der Waals surface area contributed by atoms with E-state index in [2.05, 4.69) is 0 Å². The van der Waals surface area contributed by atoms with Crippen LogP contribution in [0.1, 0.15) is 27.8 Å². The largest absolute Gasteiger partial charge is 0.419 e. The van der Waals surface area contributed by atoms with Crippen molar-refractivity contribution in [2.45, 2.75) is 30.9 Å². The van der Waals surface area contributed by atoms with Gasteiger partial charge in [-0.3, -0.25) is 0 Å². The zero-order valence-electron chi connectivity index (χ0n) is 15.5. The molecule has 0 unspecified atom stereocenters. The first-order valence-electron chi connectivity index (χ1n) is 7.76. The molecule has 0 spiro atoms. The molecule has 0 heterocycles. The minimum Gasteiger partial charge on any atom is -0.344 e. The van der Waals surface area contributed by atoms with Gasteiger partial charge in [-0.05, 0) is 0 Å². The molecule has 0 fully saturated rings. The third-order valence-electron chi connectivity index (χ3n) is 3.75. The van der Waals surface area contributed by atoms with E-state index in [1.165, 1.54) is 0 Å². The van der Waals surface area contributed by atoms with Gasteiger partial charge in [0.05, 0.1) is 33.5 Å². The summed E-state index contributed by atoms with van der Waals surface area (Å²) in [5, 5.41) is 26.6. The Balaban J connectivity index is 4.87. The van der Waals surface area contributed by atoms with Crippen LogP contribution in [-0.4, -0.2) is 0 Å². The highest BCUT2D eigenvalue weighted by Crippen LogP contribution is 2.58. The Morgan fingerprint density at radius 2 is 0.714 bits per heavy atom. The van der Waals surface area contributed by atoms with E-state index in [1.807, 2.05) is 0 Å². The molecule has 0 aromatic heterocycles. The van der Waals surface area contributed by atoms with Crippen molar-refractivity contribution in [3.8, 4) is 18.2 Å². The Bertz CT molecular complexity index is 1100. The molecule has 1 rings (SSSR count). The lowest BCUT2D eigenvalue weighted by atomic mass is 9.87. The highest BCUT2D eigenvalue weighted by Gasteiger charge is 2.60. The van der Waals surface area contributed by atoms with Crippen LogP contribution in [0.4, 0.5) is 71.5 Å². The minimum absolute atomic E-state index is 0.551. The molecule has 0 aliphatic carbocycles. The standard InChI is InChI=1S/C16HF15N4/c17-12(18,19)6-7(13(20,21)22)9(15(26,27)28)11(35-5(3-34)4(1-32)2-33)10(16(29,30)31)8(6)14(23,24)25/h35H. The van der Waals surface area contributed by atoms with E-state index in [4.69, 9.17) is 15.8 Å². The molecule has 4 nitrogen and oxygen atoms in total. The molecule has 0 saturated carbocycles. The summed E-state index contributed by atoms with van der Waals surface area (Å²) in [6.45, 7) is 0. The zero-order chi connectivity index (χ0) is 27.9. The van der Waals surface area contributed by atoms with E-state index in [1.54, 1.807) is 0 Å². The van der Waals surface area contributed by atoms with Gasteiger partial charge >= 0.3 is 30.9 Å². The fourth-order valence-electron chi connectivity index (χ4n) is 2.70. The number of anilines is 1. The van der Waals surface area contributed by atoms with Gasteiger partial charge in [-0.1, -0.05) is 0 Å². The number of rotatable bonds is 2. The van der Waals surface area contributed by atoms with E-state index >= 15 is 0 Å². The van der Waals surface area contributed by atoms with Crippen LogP contribution in [0.25, 0.3) is 0 Å². The van der Waals surface area contributed by atoms with Gasteiger partial charge in [-0.2, -0.15) is 81.6 Å². The number of hydrogen-bond acceptors (Lipinski definition) is 4. The quantitative estimate of drug-likeness (QED) is 0.327. The van der Waals surface area contributed by atoms with Crippen molar-refractivity contribution in [3.63, 3.8) is 0 Å². The van der Waals surface area contributed by atoms with Crippen molar-refractivity contribution in [1.82, 2.24) is 0 Å². The van der Waals surface area contributed by atoms with Crippen LogP contribution >= 0.6 is 0 Å². The lowest BCUT2D eigenvalue weighted by Gasteiger charge is -2.30. The second-order valence-electron chi connectivity index (χ2n) is 5.95. The number of nitriles is 3. The number of alkyl halides is 15. The van der Waals surface area contributed by atoms with E-state index in [0.717, 1.165) is 0 Å². The predicted octanol–water partition coefficient (Wildman–Crippen LogP) is 7.02. The van der Waals surface area contributed by atoms with Crippen LogP contribution in [0.3, 0.4) is 0 Å². The first-order chi connectivity index (χ1) is 15.4. The molecule has 35 heavy (non-hydrogen) atoms. The molecule has 1 N–H and O–H groups in total. The topological polar surface area (TPSA) is 83.4 Å². The van der Waals surface area contributed by atoms with Crippen LogP contribution in [0.15, 0.2) is 11.3 Å². The maximum absolute atomic E-state index is 13.5. The molecule has 1 aromatic rings. The highest BCUT2D eigenvalue weighted by molar-refractivity contribution is 5.73. The summed E-state index contributed by atoms with van der Waals surface area (Å²) in [5.74, 6) is 0. The van der Waals surface area contributed by atoms with Gasteiger partial charge in [0.25, 0.3) is 0 Å². The van der Waals surface area contributed by atoms with Crippen molar-refractivity contribution in [1.29, 1.82) is 15.8 Å². The van der Waals surface area contributed by atoms with Gasteiger partial charge in [-0.25, -0.2) is 0 Å². The lowest BCUT2D eigenvalue weighted by Crippen LogP contribution is -2.32. The fourth-order valence-corrected chi connectivity index (χ4v) is 2.70. The molecule has 0 radical (unpaired) electrons. The number of hydrogen-bond donors (Lipinski definition) is 1. The lowest BCUT2D eigenvalue weighted by molar-refractivity contribution is -0.188. The van der Waals surface area contributed by atoms with Crippen molar-refractivity contribution in [3.05, 3.63) is 39.1 Å². The Labute approximate surface area is 182 Å². The van der Waals surface area contributed by atoms with Gasteiger partial charge in [0.15, 0.2) is 5.57 Å². The molecule has 0 amide bonds. The van der Waals surface area contributed by atoms with Crippen LogP contribution < -0.4 is 5.32 Å². The van der Waals surface area contributed by atoms with E-state index in [9.17, 15) is 65.9 Å². The molecule has 1 aromatic carbocycles. The minimum atomic E-state index is -7.08. The molecule has 0 aliphatic heterocycles. The van der Waals surface area contributed by atoms with Gasteiger partial charge < -0.3 is 5.32 Å². The van der Waals surface area contributed by atoms with Crippen LogP contribution in [0.5, 0.6) is 0 Å². The van der Waals surface area contributed by atoms with Crippen LogP contribution in [-0.2, 0) is 30.9 Å². The summed E-state index contributed by atoms with van der Waals surface area (Å²) in [6.07, 6.45) is -34.8. The van der Waals surface area contributed by atoms with Gasteiger partial charge in [-0.15, -0.1) is 0 Å². The van der Waals surface area contributed by atoms with E-state index in [0.29, 0.717) is 23.5 Å². The van der Waals surface area contributed by atoms with Crippen molar-refractivity contribution < 1.29 is 65.9 Å². The SMILES string of the molecule is N#CC(C#N)=C(C#N)Nc1c(C(F)(F)F)c(C(F)(F)F)c(C(F)(F)F)c(C(F)(F)F)c1C(F)(F)F. The Hall–Kier alpha value is -3.82. The second kappa shape index (κ2) is 8.75. The summed E-state index contributed by atoms with van der Waals surface area (Å²) < 4.78 is 202. The fraction of sp³-hybridized carbons (Fsp3) is 0.312. The van der Waals surface area contributed by atoms with Crippen molar-refractivity contribution in [2.24, 2.45) is 0 Å². The maximum atomic E-state index is 13.5. The average Bonchev–Trinajstić information content (AvgIpc) is 2.62. The maximum Gasteiger partial charge on any atom is 0.419 e.